The van der Waals surface area contributed by atoms with Crippen molar-refractivity contribution in [3.05, 3.63) is 34.7 Å². The van der Waals surface area contributed by atoms with Gasteiger partial charge < -0.3 is 32.8 Å². The Morgan fingerprint density at radius 2 is 1.59 bits per heavy atom. The van der Waals surface area contributed by atoms with Gasteiger partial charge in [0.15, 0.2) is 23.0 Å². The summed E-state index contributed by atoms with van der Waals surface area (Å²) in [7, 11) is 2.98. The summed E-state index contributed by atoms with van der Waals surface area (Å²) in [4.78, 5) is 13.3. The first-order valence-corrected chi connectivity index (χ1v) is 8.11. The molecule has 3 heterocycles. The third-order valence-corrected chi connectivity index (χ3v) is 4.55. The highest BCUT2D eigenvalue weighted by molar-refractivity contribution is 5.92. The molecule has 0 saturated carbocycles. The Hall–Kier alpha value is -3.55. The molecular weight excluding hydrogens is 356 g/mol. The highest BCUT2D eigenvalue weighted by Crippen LogP contribution is 2.46. The van der Waals surface area contributed by atoms with Gasteiger partial charge in [0, 0.05) is 17.7 Å². The van der Waals surface area contributed by atoms with Crippen LogP contribution >= 0.6 is 0 Å². The van der Waals surface area contributed by atoms with Crippen LogP contribution in [-0.2, 0) is 0 Å². The molecule has 27 heavy (non-hydrogen) atoms. The normalized spacial score (nSPS) is 13.9. The van der Waals surface area contributed by atoms with Crippen LogP contribution in [0.5, 0.6) is 34.5 Å². The predicted octanol–water partition coefficient (Wildman–Crippen LogP) is 2.93. The van der Waals surface area contributed by atoms with Crippen LogP contribution in [0.3, 0.4) is 0 Å². The minimum atomic E-state index is -0.288. The van der Waals surface area contributed by atoms with Gasteiger partial charge in [0.2, 0.25) is 24.8 Å². The van der Waals surface area contributed by atoms with E-state index in [1.165, 1.54) is 20.5 Å². The van der Waals surface area contributed by atoms with Crippen molar-refractivity contribution in [3.63, 3.8) is 0 Å². The van der Waals surface area contributed by atoms with Crippen LogP contribution in [0.1, 0.15) is 0 Å². The SMILES string of the molecule is COc1cc2c(cc1-c1coc3cc4c(c(OC)c3c1=O)OCO4)OCO2. The van der Waals surface area contributed by atoms with Crippen molar-refractivity contribution in [2.45, 2.75) is 0 Å². The summed E-state index contributed by atoms with van der Waals surface area (Å²) in [6.45, 7) is 0.171. The lowest BCUT2D eigenvalue weighted by atomic mass is 10.0. The third-order valence-electron chi connectivity index (χ3n) is 4.55. The van der Waals surface area contributed by atoms with E-state index >= 15 is 0 Å². The second kappa shape index (κ2) is 5.73. The van der Waals surface area contributed by atoms with Crippen molar-refractivity contribution >= 4 is 11.0 Å². The number of rotatable bonds is 3. The van der Waals surface area contributed by atoms with E-state index in [9.17, 15) is 4.79 Å². The van der Waals surface area contributed by atoms with E-state index in [-0.39, 0.29) is 30.2 Å². The van der Waals surface area contributed by atoms with E-state index in [1.807, 2.05) is 0 Å². The molecule has 0 atom stereocenters. The topological polar surface area (TPSA) is 85.6 Å². The van der Waals surface area contributed by atoms with E-state index in [2.05, 4.69) is 0 Å². The summed E-state index contributed by atoms with van der Waals surface area (Å²) in [6, 6.07) is 4.99. The molecule has 8 nitrogen and oxygen atoms in total. The number of ether oxygens (including phenoxy) is 6. The molecule has 2 aliphatic heterocycles. The Kier molecular flexibility index (Phi) is 3.33. The first-order valence-electron chi connectivity index (χ1n) is 8.11. The molecule has 0 unspecified atom stereocenters. The van der Waals surface area contributed by atoms with Crippen molar-refractivity contribution in [1.82, 2.24) is 0 Å². The molecule has 0 fully saturated rings. The number of hydrogen-bond donors (Lipinski definition) is 0. The zero-order chi connectivity index (χ0) is 18.5. The largest absolute Gasteiger partial charge is 0.496 e. The maximum Gasteiger partial charge on any atom is 0.231 e. The lowest BCUT2D eigenvalue weighted by Gasteiger charge is -2.12. The molecule has 0 saturated heterocycles. The molecule has 8 heteroatoms. The number of methoxy groups -OCH3 is 2. The molecular formula is C19H14O8. The van der Waals surface area contributed by atoms with E-state index < -0.39 is 0 Å². The third kappa shape index (κ3) is 2.19. The lowest BCUT2D eigenvalue weighted by molar-refractivity contribution is 0.171. The zero-order valence-electron chi connectivity index (χ0n) is 14.5. The van der Waals surface area contributed by atoms with Crippen LogP contribution in [0.4, 0.5) is 0 Å². The molecule has 2 aliphatic rings. The van der Waals surface area contributed by atoms with Crippen LogP contribution in [-0.4, -0.2) is 27.8 Å². The fraction of sp³-hybridized carbons (Fsp3) is 0.211. The Labute approximate surface area is 152 Å². The molecule has 0 amide bonds. The molecule has 3 aromatic rings. The van der Waals surface area contributed by atoms with Gasteiger partial charge >= 0.3 is 0 Å². The van der Waals surface area contributed by atoms with Gasteiger partial charge in [-0.1, -0.05) is 0 Å². The minimum Gasteiger partial charge on any atom is -0.496 e. The molecule has 0 spiro atoms. The van der Waals surface area contributed by atoms with Gasteiger partial charge in [0.05, 0.1) is 19.8 Å². The van der Waals surface area contributed by atoms with Crippen LogP contribution < -0.4 is 33.8 Å². The summed E-state index contributed by atoms with van der Waals surface area (Å²) in [5, 5.41) is 0.263. The van der Waals surface area contributed by atoms with Crippen LogP contribution in [0.2, 0.25) is 0 Å². The van der Waals surface area contributed by atoms with Crippen LogP contribution in [0.15, 0.2) is 33.7 Å². The lowest BCUT2D eigenvalue weighted by Crippen LogP contribution is -2.07. The second-order valence-electron chi connectivity index (χ2n) is 5.90. The molecule has 1 aromatic heterocycles. The highest BCUT2D eigenvalue weighted by Gasteiger charge is 2.27. The quantitative estimate of drug-likeness (QED) is 0.696. The summed E-state index contributed by atoms with van der Waals surface area (Å²) in [5.74, 6) is 2.67. The van der Waals surface area contributed by atoms with Gasteiger partial charge in [0.25, 0.3) is 0 Å². The summed E-state index contributed by atoms with van der Waals surface area (Å²) >= 11 is 0. The average molecular weight is 370 g/mol. The first kappa shape index (κ1) is 15.7. The van der Waals surface area contributed by atoms with Gasteiger partial charge in [-0.2, -0.15) is 0 Å². The Morgan fingerprint density at radius 3 is 2.37 bits per heavy atom. The number of hydrogen-bond acceptors (Lipinski definition) is 8. The van der Waals surface area contributed by atoms with Crippen molar-refractivity contribution < 1.29 is 32.8 Å². The van der Waals surface area contributed by atoms with Crippen molar-refractivity contribution in [1.29, 1.82) is 0 Å². The molecule has 2 aromatic carbocycles. The Balaban J connectivity index is 1.80. The van der Waals surface area contributed by atoms with Crippen LogP contribution in [0.25, 0.3) is 22.1 Å². The van der Waals surface area contributed by atoms with Gasteiger partial charge in [0.1, 0.15) is 23.0 Å². The van der Waals surface area contributed by atoms with Gasteiger partial charge in [-0.3, -0.25) is 4.79 Å². The predicted molar refractivity (Wildman–Crippen MR) is 93.3 cm³/mol. The summed E-state index contributed by atoms with van der Waals surface area (Å²) in [5.41, 5.74) is 0.875. The molecule has 0 N–H and O–H groups in total. The van der Waals surface area contributed by atoms with E-state index in [0.29, 0.717) is 45.5 Å². The number of fused-ring (bicyclic) bond motifs is 3. The summed E-state index contributed by atoms with van der Waals surface area (Å²) in [6.07, 6.45) is 1.38. The standard InChI is InChI=1S/C19H14O8/c1-21-11-4-13-12(24-7-25-13)3-9(11)10-6-23-14-5-15-18(27-8-26-15)19(22-2)16(14)17(10)20/h3-6H,7-8H2,1-2H3. The van der Waals surface area contributed by atoms with Crippen LogP contribution in [0, 0.1) is 0 Å². The summed E-state index contributed by atoms with van der Waals surface area (Å²) < 4.78 is 38.2. The van der Waals surface area contributed by atoms with E-state index in [0.717, 1.165) is 0 Å². The maximum atomic E-state index is 13.3. The van der Waals surface area contributed by atoms with Crippen molar-refractivity contribution in [2.75, 3.05) is 27.8 Å². The molecule has 0 bridgehead atoms. The molecule has 138 valence electrons. The first-order chi connectivity index (χ1) is 13.2. The Bertz CT molecular complexity index is 1130. The van der Waals surface area contributed by atoms with Gasteiger partial charge in [-0.15, -0.1) is 0 Å². The minimum absolute atomic E-state index is 0.0546. The number of benzene rings is 2. The fourth-order valence-electron chi connectivity index (χ4n) is 3.29. The second-order valence-corrected chi connectivity index (χ2v) is 5.90. The molecule has 0 radical (unpaired) electrons. The Morgan fingerprint density at radius 1 is 0.852 bits per heavy atom. The van der Waals surface area contributed by atoms with Crippen molar-refractivity contribution in [2.24, 2.45) is 0 Å². The molecule has 5 rings (SSSR count). The fourth-order valence-corrected chi connectivity index (χ4v) is 3.29. The maximum absolute atomic E-state index is 13.3. The monoisotopic (exact) mass is 370 g/mol. The average Bonchev–Trinajstić information content (AvgIpc) is 3.34. The van der Waals surface area contributed by atoms with E-state index in [4.69, 9.17) is 32.8 Å². The van der Waals surface area contributed by atoms with E-state index in [1.54, 1.807) is 18.2 Å². The van der Waals surface area contributed by atoms with Gasteiger partial charge in [-0.05, 0) is 6.07 Å². The molecule has 0 aliphatic carbocycles. The smallest absolute Gasteiger partial charge is 0.231 e. The van der Waals surface area contributed by atoms with Crippen molar-refractivity contribution in [3.8, 4) is 45.6 Å². The highest BCUT2D eigenvalue weighted by atomic mass is 16.7. The van der Waals surface area contributed by atoms with Gasteiger partial charge in [-0.25, -0.2) is 0 Å². The zero-order valence-corrected chi connectivity index (χ0v) is 14.5.